The van der Waals surface area contributed by atoms with E-state index in [1.807, 2.05) is 0 Å². The second-order valence-electron chi connectivity index (χ2n) is 4.39. The zero-order valence-electron chi connectivity index (χ0n) is 10.2. The molecule has 1 unspecified atom stereocenters. The van der Waals surface area contributed by atoms with E-state index in [0.29, 0.717) is 11.8 Å². The predicted molar refractivity (Wildman–Crippen MR) is 63.3 cm³/mol. The molecule has 0 aromatic heterocycles. The molecule has 0 aliphatic heterocycles. The van der Waals surface area contributed by atoms with Gasteiger partial charge in [-0.05, 0) is 30.3 Å². The molecule has 14 heavy (non-hydrogen) atoms. The van der Waals surface area contributed by atoms with E-state index in [-0.39, 0.29) is 6.61 Å². The number of hydrogen-bond acceptors (Lipinski definition) is 1. The fourth-order valence-corrected chi connectivity index (χ4v) is 1.63. The molecular formula is C13H26O. The first-order valence-electron chi connectivity index (χ1n) is 5.96. The van der Waals surface area contributed by atoms with Gasteiger partial charge in [0.2, 0.25) is 0 Å². The molecule has 0 rings (SSSR count). The summed E-state index contributed by atoms with van der Waals surface area (Å²) < 4.78 is 0. The number of allylic oxidation sites excluding steroid dienone is 1. The normalized spacial score (nSPS) is 14.9. The lowest BCUT2D eigenvalue weighted by atomic mass is 9.88. The molecule has 0 amide bonds. The summed E-state index contributed by atoms with van der Waals surface area (Å²) >= 11 is 0. The smallest absolute Gasteiger partial charge is 0.0641 e. The van der Waals surface area contributed by atoms with Crippen LogP contribution in [-0.2, 0) is 0 Å². The highest BCUT2D eigenvalue weighted by atomic mass is 16.3. The van der Waals surface area contributed by atoms with Crippen molar-refractivity contribution in [1.82, 2.24) is 0 Å². The second kappa shape index (κ2) is 8.05. The maximum absolute atomic E-state index is 9.11. The quantitative estimate of drug-likeness (QED) is 0.617. The maximum Gasteiger partial charge on any atom is 0.0641 e. The predicted octanol–water partition coefficient (Wildman–Crippen LogP) is 3.78. The van der Waals surface area contributed by atoms with Gasteiger partial charge in [-0.3, -0.25) is 0 Å². The molecule has 0 saturated heterocycles. The molecule has 1 atom stereocenters. The van der Waals surface area contributed by atoms with Crippen molar-refractivity contribution in [2.45, 2.75) is 53.4 Å². The Kier molecular flexibility index (Phi) is 7.87. The number of rotatable bonds is 7. The van der Waals surface area contributed by atoms with E-state index in [1.54, 1.807) is 0 Å². The van der Waals surface area contributed by atoms with E-state index in [0.717, 1.165) is 6.42 Å². The first-order valence-corrected chi connectivity index (χ1v) is 5.96. The van der Waals surface area contributed by atoms with E-state index in [2.05, 4.69) is 33.8 Å². The van der Waals surface area contributed by atoms with Crippen LogP contribution < -0.4 is 0 Å². The fourth-order valence-electron chi connectivity index (χ4n) is 1.63. The van der Waals surface area contributed by atoms with Gasteiger partial charge in [0.15, 0.2) is 0 Å². The Morgan fingerprint density at radius 2 is 1.93 bits per heavy atom. The average Bonchev–Trinajstić information content (AvgIpc) is 2.18. The molecule has 0 heterocycles. The molecule has 0 aromatic carbocycles. The van der Waals surface area contributed by atoms with Crippen LogP contribution in [0, 0.1) is 11.8 Å². The van der Waals surface area contributed by atoms with Gasteiger partial charge in [0.1, 0.15) is 0 Å². The number of unbranched alkanes of at least 4 members (excludes halogenated alkanes) is 1. The third kappa shape index (κ3) is 5.43. The van der Waals surface area contributed by atoms with Crippen LogP contribution >= 0.6 is 0 Å². The maximum atomic E-state index is 9.11. The summed E-state index contributed by atoms with van der Waals surface area (Å²) in [6.45, 7) is 9.10. The summed E-state index contributed by atoms with van der Waals surface area (Å²) in [6.07, 6.45) is 7.09. The lowest BCUT2D eigenvalue weighted by molar-refractivity contribution is 0.323. The van der Waals surface area contributed by atoms with E-state index < -0.39 is 0 Å². The van der Waals surface area contributed by atoms with Crippen LogP contribution in [-0.4, -0.2) is 11.7 Å². The second-order valence-corrected chi connectivity index (χ2v) is 4.39. The van der Waals surface area contributed by atoms with Crippen LogP contribution in [0.4, 0.5) is 0 Å². The van der Waals surface area contributed by atoms with Crippen LogP contribution in [0.5, 0.6) is 0 Å². The molecule has 1 N–H and O–H groups in total. The van der Waals surface area contributed by atoms with Crippen molar-refractivity contribution in [2.24, 2.45) is 11.8 Å². The third-order valence-electron chi connectivity index (χ3n) is 2.85. The summed E-state index contributed by atoms with van der Waals surface area (Å²) in [6, 6.07) is 0. The van der Waals surface area contributed by atoms with Crippen molar-refractivity contribution in [2.75, 3.05) is 6.61 Å². The van der Waals surface area contributed by atoms with Gasteiger partial charge in [-0.15, -0.1) is 0 Å². The first kappa shape index (κ1) is 13.7. The van der Waals surface area contributed by atoms with Gasteiger partial charge in [0, 0.05) is 0 Å². The zero-order chi connectivity index (χ0) is 11.0. The molecule has 1 heteroatoms. The van der Waals surface area contributed by atoms with Gasteiger partial charge in [-0.2, -0.15) is 0 Å². The van der Waals surface area contributed by atoms with E-state index in [1.165, 1.54) is 24.8 Å². The Bertz CT molecular complexity index is 153. The summed E-state index contributed by atoms with van der Waals surface area (Å²) in [5.41, 5.74) is 1.19. The summed E-state index contributed by atoms with van der Waals surface area (Å²) in [5, 5.41) is 9.11. The number of hydrogen-bond donors (Lipinski definition) is 1. The van der Waals surface area contributed by atoms with Crippen molar-refractivity contribution >= 4 is 0 Å². The molecule has 0 fully saturated rings. The third-order valence-corrected chi connectivity index (χ3v) is 2.85. The van der Waals surface area contributed by atoms with E-state index >= 15 is 0 Å². The number of aliphatic hydroxyl groups is 1. The van der Waals surface area contributed by atoms with Gasteiger partial charge in [0.25, 0.3) is 0 Å². The van der Waals surface area contributed by atoms with Crippen LogP contribution in [0.25, 0.3) is 0 Å². The molecule has 0 radical (unpaired) electrons. The van der Waals surface area contributed by atoms with Gasteiger partial charge in [-0.25, -0.2) is 0 Å². The van der Waals surface area contributed by atoms with E-state index in [4.69, 9.17) is 5.11 Å². The molecule has 0 aromatic rings. The minimum absolute atomic E-state index is 0.228. The highest BCUT2D eigenvalue weighted by molar-refractivity contribution is 5.04. The molecular weight excluding hydrogens is 172 g/mol. The van der Waals surface area contributed by atoms with Gasteiger partial charge in [-0.1, -0.05) is 46.6 Å². The average molecular weight is 198 g/mol. The Labute approximate surface area is 89.2 Å². The van der Waals surface area contributed by atoms with Crippen molar-refractivity contribution in [3.63, 3.8) is 0 Å². The Hall–Kier alpha value is -0.300. The van der Waals surface area contributed by atoms with Crippen molar-refractivity contribution < 1.29 is 5.11 Å². The summed E-state index contributed by atoms with van der Waals surface area (Å²) in [7, 11) is 0. The van der Waals surface area contributed by atoms with Gasteiger partial charge >= 0.3 is 0 Å². The van der Waals surface area contributed by atoms with Gasteiger partial charge < -0.3 is 5.11 Å². The SMILES string of the molecule is CCCCC(C=C(CC)CO)C(C)C. The van der Waals surface area contributed by atoms with Crippen molar-refractivity contribution in [3.05, 3.63) is 11.6 Å². The monoisotopic (exact) mass is 198 g/mol. The topological polar surface area (TPSA) is 20.2 Å². The molecule has 0 bridgehead atoms. The van der Waals surface area contributed by atoms with Crippen LogP contribution in [0.1, 0.15) is 53.4 Å². The minimum atomic E-state index is 0.228. The molecule has 1 nitrogen and oxygen atoms in total. The summed E-state index contributed by atoms with van der Waals surface area (Å²) in [4.78, 5) is 0. The highest BCUT2D eigenvalue weighted by Crippen LogP contribution is 2.21. The van der Waals surface area contributed by atoms with Gasteiger partial charge in [0.05, 0.1) is 6.61 Å². The standard InChI is InChI=1S/C13H26O/c1-5-7-8-13(11(3)4)9-12(6-2)10-14/h9,11,13-14H,5-8,10H2,1-4H3. The summed E-state index contributed by atoms with van der Waals surface area (Å²) in [5.74, 6) is 1.34. The first-order chi connectivity index (χ1) is 6.65. The van der Waals surface area contributed by atoms with Crippen molar-refractivity contribution in [3.8, 4) is 0 Å². The zero-order valence-corrected chi connectivity index (χ0v) is 10.2. The highest BCUT2D eigenvalue weighted by Gasteiger charge is 2.10. The Morgan fingerprint density at radius 3 is 2.29 bits per heavy atom. The molecule has 0 aliphatic carbocycles. The largest absolute Gasteiger partial charge is 0.392 e. The lowest BCUT2D eigenvalue weighted by Crippen LogP contribution is -2.07. The lowest BCUT2D eigenvalue weighted by Gasteiger charge is -2.18. The fraction of sp³-hybridized carbons (Fsp3) is 0.846. The Balaban J connectivity index is 4.25. The molecule has 84 valence electrons. The number of aliphatic hydroxyl groups excluding tert-OH is 1. The van der Waals surface area contributed by atoms with Crippen LogP contribution in [0.2, 0.25) is 0 Å². The van der Waals surface area contributed by atoms with Crippen LogP contribution in [0.3, 0.4) is 0 Å². The van der Waals surface area contributed by atoms with Crippen LogP contribution in [0.15, 0.2) is 11.6 Å². The van der Waals surface area contributed by atoms with Crippen molar-refractivity contribution in [1.29, 1.82) is 0 Å². The molecule has 0 aliphatic rings. The molecule has 0 saturated carbocycles. The molecule has 0 spiro atoms. The Morgan fingerprint density at radius 1 is 1.29 bits per heavy atom. The minimum Gasteiger partial charge on any atom is -0.392 e. The van der Waals surface area contributed by atoms with E-state index in [9.17, 15) is 0 Å².